The third-order valence-electron chi connectivity index (χ3n) is 5.48. The Morgan fingerprint density at radius 1 is 0.811 bits per heavy atom. The molecule has 0 saturated heterocycles. The molecule has 0 aliphatic heterocycles. The van der Waals surface area contributed by atoms with Crippen molar-refractivity contribution in [3.05, 3.63) is 71.8 Å². The van der Waals surface area contributed by atoms with Crippen molar-refractivity contribution in [3.8, 4) is 12.1 Å². The predicted octanol–water partition coefficient (Wildman–Crippen LogP) is 2.86. The van der Waals surface area contributed by atoms with E-state index in [2.05, 4.69) is 26.0 Å². The zero-order valence-corrected chi connectivity index (χ0v) is 25.6. The van der Waals surface area contributed by atoms with Crippen LogP contribution in [0.4, 0.5) is 0 Å². The third-order valence-corrected chi connectivity index (χ3v) is 5.48. The molecule has 0 fully saturated rings. The molecule has 0 amide bonds. The van der Waals surface area contributed by atoms with Gasteiger partial charge in [-0.1, -0.05) is 100 Å². The molecule has 0 heterocycles. The number of nitrogens with zero attached hydrogens (tertiary/aromatic N) is 2. The summed E-state index contributed by atoms with van der Waals surface area (Å²) in [5.41, 5.74) is 2.25. The van der Waals surface area contributed by atoms with Gasteiger partial charge in [-0.25, -0.2) is 0 Å². The van der Waals surface area contributed by atoms with E-state index in [1.54, 1.807) is 0 Å². The fraction of sp³-hybridized carbons (Fsp3) is 0.483. The zero-order valence-electron chi connectivity index (χ0n) is 22.5. The van der Waals surface area contributed by atoms with Gasteiger partial charge in [-0.15, -0.1) is 0 Å². The van der Waals surface area contributed by atoms with Gasteiger partial charge in [0.15, 0.2) is 0 Å². The second kappa shape index (κ2) is 27.4. The van der Waals surface area contributed by atoms with Gasteiger partial charge in [0, 0.05) is 5.92 Å². The van der Waals surface area contributed by atoms with Crippen LogP contribution in [0.3, 0.4) is 0 Å². The van der Waals surface area contributed by atoms with Crippen LogP contribution in [-0.4, -0.2) is 40.0 Å². The van der Waals surface area contributed by atoms with Crippen molar-refractivity contribution < 1.29 is 77.0 Å². The maximum absolute atomic E-state index is 10.7. The van der Waals surface area contributed by atoms with Crippen LogP contribution in [0.1, 0.15) is 81.8 Å². The van der Waals surface area contributed by atoms with Gasteiger partial charge in [0.05, 0.1) is 31.8 Å². The van der Waals surface area contributed by atoms with Crippen LogP contribution in [0.5, 0.6) is 0 Å². The molecular weight excluding hydrogens is 495 g/mol. The molecule has 2 atom stereocenters. The van der Waals surface area contributed by atoms with Crippen molar-refractivity contribution in [2.24, 2.45) is 5.92 Å². The summed E-state index contributed by atoms with van der Waals surface area (Å²) < 4.78 is 0. The molecular formula is C29H41KN2O5. The first-order valence-corrected chi connectivity index (χ1v) is 12.3. The number of aliphatic hydroxyl groups excluding tert-OH is 2. The van der Waals surface area contributed by atoms with E-state index >= 15 is 0 Å². The van der Waals surface area contributed by atoms with Crippen molar-refractivity contribution in [1.29, 1.82) is 10.5 Å². The molecule has 2 aromatic carbocycles. The normalized spacial score (nSPS) is 10.9. The summed E-state index contributed by atoms with van der Waals surface area (Å²) >= 11 is 0. The number of carboxylic acids is 1. The number of rotatable bonds is 12. The molecule has 2 aromatic rings. The Hall–Kier alpha value is -1.59. The summed E-state index contributed by atoms with van der Waals surface area (Å²) in [6.45, 7) is 4.00. The van der Waals surface area contributed by atoms with E-state index in [1.165, 1.54) is 0 Å². The topological polar surface area (TPSA) is 155 Å². The maximum atomic E-state index is 10.7. The fourth-order valence-corrected chi connectivity index (χ4v) is 3.63. The average molecular weight is 537 g/mol. The number of hydrogen-bond donors (Lipinski definition) is 3. The molecule has 0 aliphatic rings. The summed E-state index contributed by atoms with van der Waals surface area (Å²) in [6.07, 6.45) is 6.46. The van der Waals surface area contributed by atoms with Gasteiger partial charge in [-0.3, -0.25) is 4.79 Å². The monoisotopic (exact) mass is 536 g/mol. The van der Waals surface area contributed by atoms with Crippen LogP contribution < -0.4 is 51.4 Å². The number of carboxylic acid groups (broad SMARTS) is 1. The second-order valence-corrected chi connectivity index (χ2v) is 8.19. The summed E-state index contributed by atoms with van der Waals surface area (Å²) in [4.78, 5) is 10.7. The van der Waals surface area contributed by atoms with Gasteiger partial charge in [0.1, 0.15) is 5.92 Å². The van der Waals surface area contributed by atoms with Crippen molar-refractivity contribution >= 4 is 5.97 Å². The van der Waals surface area contributed by atoms with E-state index in [-0.39, 0.29) is 88.3 Å². The van der Waals surface area contributed by atoms with E-state index in [1.807, 2.05) is 60.7 Å². The van der Waals surface area contributed by atoms with Gasteiger partial charge < -0.3 is 20.8 Å². The first-order chi connectivity index (χ1) is 17.0. The minimum atomic E-state index is -0.708. The first-order valence-electron chi connectivity index (χ1n) is 12.3. The molecule has 37 heavy (non-hydrogen) atoms. The molecule has 4 N–H and O–H groups in total. The van der Waals surface area contributed by atoms with Crippen LogP contribution in [0.2, 0.25) is 0 Å². The molecule has 0 spiro atoms. The van der Waals surface area contributed by atoms with Gasteiger partial charge in [-0.05, 0) is 29.9 Å². The maximum Gasteiger partial charge on any atom is 1.00 e. The number of carbonyl (C=O) groups is 1. The van der Waals surface area contributed by atoms with Gasteiger partial charge >= 0.3 is 57.4 Å². The van der Waals surface area contributed by atoms with Crippen LogP contribution in [0.25, 0.3) is 0 Å². The summed E-state index contributed by atoms with van der Waals surface area (Å²) in [5.74, 6) is -1.02. The molecule has 0 saturated carbocycles. The summed E-state index contributed by atoms with van der Waals surface area (Å²) in [6, 6.07) is 24.0. The Balaban J connectivity index is -0.000000522. The van der Waals surface area contributed by atoms with Crippen molar-refractivity contribution in [1.82, 2.24) is 0 Å². The van der Waals surface area contributed by atoms with Crippen molar-refractivity contribution in [3.63, 3.8) is 0 Å². The fourth-order valence-electron chi connectivity index (χ4n) is 3.63. The Bertz CT molecular complexity index is 853. The van der Waals surface area contributed by atoms with E-state index in [0.717, 1.165) is 49.7 Å². The van der Waals surface area contributed by atoms with Crippen molar-refractivity contribution in [2.75, 3.05) is 13.2 Å². The average Bonchev–Trinajstić information content (AvgIpc) is 2.90. The Morgan fingerprint density at radius 3 is 1.62 bits per heavy atom. The SMILES string of the molecule is CCCCC(CC(=O)O)c1ccccc1.CCCCC(c1ccccc1)C(C#N)C#N.OCCO.[K+].[OH-]. The number of nitriles is 2. The first kappa shape index (κ1) is 39.9. The molecule has 0 aliphatic carbocycles. The Morgan fingerprint density at radius 2 is 1.24 bits per heavy atom. The minimum absolute atomic E-state index is 0. The number of unbranched alkanes of at least 4 members (excludes halogenated alkanes) is 2. The molecule has 198 valence electrons. The number of hydrogen-bond acceptors (Lipinski definition) is 6. The van der Waals surface area contributed by atoms with E-state index in [0.29, 0.717) is 0 Å². The molecule has 7 nitrogen and oxygen atoms in total. The van der Waals surface area contributed by atoms with E-state index in [4.69, 9.17) is 25.8 Å². The Labute approximate surface area is 264 Å². The largest absolute Gasteiger partial charge is 1.00 e. The number of aliphatic carboxylic acids is 1. The van der Waals surface area contributed by atoms with Crippen molar-refractivity contribution in [2.45, 2.75) is 70.6 Å². The van der Waals surface area contributed by atoms with Crippen LogP contribution in [-0.2, 0) is 4.79 Å². The number of benzene rings is 2. The second-order valence-electron chi connectivity index (χ2n) is 8.19. The van der Waals surface area contributed by atoms with E-state index in [9.17, 15) is 4.79 Å². The van der Waals surface area contributed by atoms with Crippen LogP contribution in [0, 0.1) is 28.6 Å². The number of aliphatic hydroxyl groups is 2. The molecule has 8 heteroatoms. The van der Waals surface area contributed by atoms with E-state index < -0.39 is 11.9 Å². The summed E-state index contributed by atoms with van der Waals surface area (Å²) in [7, 11) is 0. The predicted molar refractivity (Wildman–Crippen MR) is 140 cm³/mol. The van der Waals surface area contributed by atoms with Gasteiger partial charge in [0.2, 0.25) is 0 Å². The molecule has 0 radical (unpaired) electrons. The van der Waals surface area contributed by atoms with Crippen LogP contribution >= 0.6 is 0 Å². The molecule has 2 unspecified atom stereocenters. The third kappa shape index (κ3) is 19.2. The molecule has 0 bridgehead atoms. The smallest absolute Gasteiger partial charge is 0.870 e. The molecule has 2 rings (SSSR count). The molecule has 0 aromatic heterocycles. The van der Waals surface area contributed by atoms with Crippen LogP contribution in [0.15, 0.2) is 60.7 Å². The minimum Gasteiger partial charge on any atom is -0.870 e. The Kier molecular flexibility index (Phi) is 29.6. The quantitative estimate of drug-likeness (QED) is 0.352. The van der Waals surface area contributed by atoms with Gasteiger partial charge in [-0.2, -0.15) is 10.5 Å². The standard InChI is InChI=1S/C14H16N2.C13H18O2.C2H6O2.K.H2O/c1-2-3-9-14(13(10-15)11-16)12-7-5-4-6-8-12;1-2-3-7-12(10-13(14)15)11-8-5-4-6-9-11;3-1-2-4;;/h4-8,13-14H,2-3,9H2,1H3;4-6,8-9,12H,2-3,7,10H2,1H3,(H,14,15);3-4H,1-2H2;;1H2/q;;;+1;/p-1. The zero-order chi connectivity index (χ0) is 26.3. The van der Waals surface area contributed by atoms with Gasteiger partial charge in [0.25, 0.3) is 0 Å². The summed E-state index contributed by atoms with van der Waals surface area (Å²) in [5, 5.41) is 42.1.